The minimum Gasteiger partial charge on any atom is -0.493 e. The lowest BCUT2D eigenvalue weighted by Crippen LogP contribution is -2.13. The molecule has 5 heteroatoms. The van der Waals surface area contributed by atoms with E-state index in [4.69, 9.17) is 14.7 Å². The van der Waals surface area contributed by atoms with Crippen molar-refractivity contribution < 1.29 is 9.47 Å². The van der Waals surface area contributed by atoms with E-state index >= 15 is 0 Å². The Morgan fingerprint density at radius 2 is 2.22 bits per heavy atom. The SMILES string of the molecule is CCNCc1cc(Br)c(OC(C)C#N)c(OC)c1. The highest BCUT2D eigenvalue weighted by molar-refractivity contribution is 9.10. The van der Waals surface area contributed by atoms with E-state index in [1.54, 1.807) is 14.0 Å². The van der Waals surface area contributed by atoms with Crippen LogP contribution >= 0.6 is 15.9 Å². The Kier molecular flexibility index (Phi) is 5.96. The van der Waals surface area contributed by atoms with E-state index in [0.717, 1.165) is 23.1 Å². The van der Waals surface area contributed by atoms with Gasteiger partial charge in [-0.05, 0) is 47.1 Å². The monoisotopic (exact) mass is 312 g/mol. The molecule has 0 aliphatic heterocycles. The number of halogens is 1. The van der Waals surface area contributed by atoms with E-state index in [1.165, 1.54) is 0 Å². The highest BCUT2D eigenvalue weighted by Gasteiger charge is 2.14. The molecule has 0 aromatic heterocycles. The molecule has 1 atom stereocenters. The molecule has 0 spiro atoms. The Balaban J connectivity index is 3.00. The molecule has 1 N–H and O–H groups in total. The summed E-state index contributed by atoms with van der Waals surface area (Å²) in [5.74, 6) is 1.19. The van der Waals surface area contributed by atoms with Gasteiger partial charge in [0.25, 0.3) is 0 Å². The molecule has 0 aliphatic carbocycles. The molecule has 0 heterocycles. The lowest BCUT2D eigenvalue weighted by atomic mass is 10.2. The van der Waals surface area contributed by atoms with Crippen LogP contribution in [0.2, 0.25) is 0 Å². The minimum absolute atomic E-state index is 0.519. The minimum atomic E-state index is -0.519. The fourth-order valence-electron chi connectivity index (χ4n) is 1.46. The van der Waals surface area contributed by atoms with Crippen molar-refractivity contribution in [2.75, 3.05) is 13.7 Å². The van der Waals surface area contributed by atoms with Crippen LogP contribution in [-0.4, -0.2) is 19.8 Å². The van der Waals surface area contributed by atoms with E-state index in [1.807, 2.05) is 18.2 Å². The number of ether oxygens (including phenoxy) is 2. The van der Waals surface area contributed by atoms with Crippen LogP contribution in [0.3, 0.4) is 0 Å². The van der Waals surface area contributed by atoms with Gasteiger partial charge in [0.2, 0.25) is 0 Å². The van der Waals surface area contributed by atoms with Gasteiger partial charge in [-0.1, -0.05) is 6.92 Å². The average Bonchev–Trinajstić information content (AvgIpc) is 2.38. The third-order valence-electron chi connectivity index (χ3n) is 2.34. The maximum Gasteiger partial charge on any atom is 0.181 e. The standard InChI is InChI=1S/C13H17BrN2O2/c1-4-16-8-10-5-11(14)13(12(6-10)17-3)18-9(2)7-15/h5-6,9,16H,4,8H2,1-3H3. The number of methoxy groups -OCH3 is 1. The predicted octanol–water partition coefficient (Wildman–Crippen LogP) is 2.86. The van der Waals surface area contributed by atoms with Crippen molar-refractivity contribution in [3.63, 3.8) is 0 Å². The van der Waals surface area contributed by atoms with Crippen LogP contribution in [0.25, 0.3) is 0 Å². The Hall–Kier alpha value is -1.25. The van der Waals surface area contributed by atoms with E-state index < -0.39 is 6.10 Å². The summed E-state index contributed by atoms with van der Waals surface area (Å²) in [6.45, 7) is 5.42. The highest BCUT2D eigenvalue weighted by Crippen LogP contribution is 2.37. The topological polar surface area (TPSA) is 54.3 Å². The average molecular weight is 313 g/mol. The van der Waals surface area contributed by atoms with Crippen molar-refractivity contribution in [3.05, 3.63) is 22.2 Å². The second kappa shape index (κ2) is 7.24. The quantitative estimate of drug-likeness (QED) is 0.877. The molecule has 18 heavy (non-hydrogen) atoms. The molecule has 1 aromatic rings. The van der Waals surface area contributed by atoms with Crippen molar-refractivity contribution in [2.24, 2.45) is 0 Å². The van der Waals surface area contributed by atoms with Gasteiger partial charge < -0.3 is 14.8 Å². The normalized spacial score (nSPS) is 11.7. The predicted molar refractivity (Wildman–Crippen MR) is 73.8 cm³/mol. The van der Waals surface area contributed by atoms with Crippen LogP contribution in [0.5, 0.6) is 11.5 Å². The summed E-state index contributed by atoms with van der Waals surface area (Å²) in [6, 6.07) is 5.90. The summed E-state index contributed by atoms with van der Waals surface area (Å²) in [4.78, 5) is 0. The van der Waals surface area contributed by atoms with Crippen LogP contribution in [-0.2, 0) is 6.54 Å². The van der Waals surface area contributed by atoms with Crippen molar-refractivity contribution in [3.8, 4) is 17.6 Å². The van der Waals surface area contributed by atoms with Crippen molar-refractivity contribution in [1.82, 2.24) is 5.32 Å². The molecule has 4 nitrogen and oxygen atoms in total. The molecule has 1 rings (SSSR count). The second-order valence-electron chi connectivity index (χ2n) is 3.78. The van der Waals surface area contributed by atoms with E-state index in [0.29, 0.717) is 11.5 Å². The summed E-state index contributed by atoms with van der Waals surface area (Å²) in [5, 5.41) is 12.0. The van der Waals surface area contributed by atoms with Gasteiger partial charge in [0.05, 0.1) is 11.6 Å². The van der Waals surface area contributed by atoms with Gasteiger partial charge in [0, 0.05) is 6.54 Å². The summed E-state index contributed by atoms with van der Waals surface area (Å²) in [6.07, 6.45) is -0.519. The number of rotatable bonds is 6. The first-order valence-corrected chi connectivity index (χ1v) is 6.55. The van der Waals surface area contributed by atoms with Gasteiger partial charge in [0.15, 0.2) is 17.6 Å². The first-order chi connectivity index (χ1) is 8.62. The molecule has 0 saturated heterocycles. The Morgan fingerprint density at radius 1 is 1.50 bits per heavy atom. The Bertz CT molecular complexity index is 443. The van der Waals surface area contributed by atoms with Crippen LogP contribution in [0.4, 0.5) is 0 Å². The lowest BCUT2D eigenvalue weighted by molar-refractivity contribution is 0.258. The summed E-state index contributed by atoms with van der Waals surface area (Å²) in [5.41, 5.74) is 1.09. The van der Waals surface area contributed by atoms with Gasteiger partial charge in [-0.2, -0.15) is 5.26 Å². The molecule has 0 fully saturated rings. The summed E-state index contributed by atoms with van der Waals surface area (Å²) in [7, 11) is 1.59. The lowest BCUT2D eigenvalue weighted by Gasteiger charge is -2.15. The Labute approximate surface area is 116 Å². The van der Waals surface area contributed by atoms with Gasteiger partial charge in [0.1, 0.15) is 6.07 Å². The number of hydrogen-bond acceptors (Lipinski definition) is 4. The van der Waals surface area contributed by atoms with Gasteiger partial charge >= 0.3 is 0 Å². The zero-order chi connectivity index (χ0) is 13.5. The molecule has 0 radical (unpaired) electrons. The van der Waals surface area contributed by atoms with Gasteiger partial charge in [-0.25, -0.2) is 0 Å². The summed E-state index contributed by atoms with van der Waals surface area (Å²) < 4.78 is 11.6. The number of nitrogens with zero attached hydrogens (tertiary/aromatic N) is 1. The molecule has 98 valence electrons. The van der Waals surface area contributed by atoms with Crippen LogP contribution in [0.15, 0.2) is 16.6 Å². The number of nitrogens with one attached hydrogen (secondary N) is 1. The molecule has 0 aliphatic rings. The zero-order valence-corrected chi connectivity index (χ0v) is 12.4. The molecule has 0 saturated carbocycles. The molecule has 0 amide bonds. The smallest absolute Gasteiger partial charge is 0.181 e. The molecular weight excluding hydrogens is 296 g/mol. The van der Waals surface area contributed by atoms with Crippen LogP contribution in [0, 0.1) is 11.3 Å². The van der Waals surface area contributed by atoms with Gasteiger partial charge in [-0.15, -0.1) is 0 Å². The molecule has 0 bridgehead atoms. The Morgan fingerprint density at radius 3 is 2.78 bits per heavy atom. The van der Waals surface area contributed by atoms with Crippen molar-refractivity contribution in [2.45, 2.75) is 26.5 Å². The maximum atomic E-state index is 8.78. The largest absolute Gasteiger partial charge is 0.493 e. The van der Waals surface area contributed by atoms with E-state index in [-0.39, 0.29) is 0 Å². The summed E-state index contributed by atoms with van der Waals surface area (Å²) >= 11 is 3.45. The van der Waals surface area contributed by atoms with Crippen LogP contribution in [0.1, 0.15) is 19.4 Å². The second-order valence-corrected chi connectivity index (χ2v) is 4.63. The first-order valence-electron chi connectivity index (χ1n) is 5.75. The number of hydrogen-bond donors (Lipinski definition) is 1. The number of nitriles is 1. The van der Waals surface area contributed by atoms with Gasteiger partial charge in [-0.3, -0.25) is 0 Å². The first kappa shape index (κ1) is 14.8. The number of benzene rings is 1. The highest BCUT2D eigenvalue weighted by atomic mass is 79.9. The molecule has 1 unspecified atom stereocenters. The van der Waals surface area contributed by atoms with Crippen molar-refractivity contribution >= 4 is 15.9 Å². The zero-order valence-electron chi connectivity index (χ0n) is 10.8. The van der Waals surface area contributed by atoms with E-state index in [9.17, 15) is 0 Å². The van der Waals surface area contributed by atoms with Crippen molar-refractivity contribution in [1.29, 1.82) is 5.26 Å². The van der Waals surface area contributed by atoms with E-state index in [2.05, 4.69) is 28.2 Å². The third kappa shape index (κ3) is 3.90. The maximum absolute atomic E-state index is 8.78. The molecular formula is C13H17BrN2O2. The fourth-order valence-corrected chi connectivity index (χ4v) is 2.05. The third-order valence-corrected chi connectivity index (χ3v) is 2.93. The fraction of sp³-hybridized carbons (Fsp3) is 0.462. The molecule has 1 aromatic carbocycles. The van der Waals surface area contributed by atoms with Crippen LogP contribution < -0.4 is 14.8 Å².